The summed E-state index contributed by atoms with van der Waals surface area (Å²) in [7, 11) is 1.56. The van der Waals surface area contributed by atoms with Gasteiger partial charge in [0, 0.05) is 21.5 Å². The zero-order valence-electron chi connectivity index (χ0n) is 9.88. The smallest absolute Gasteiger partial charge is 0.219 e. The fourth-order valence-electron chi connectivity index (χ4n) is 1.67. The molecule has 0 aliphatic carbocycles. The minimum atomic E-state index is -0.663. The zero-order valence-corrected chi connectivity index (χ0v) is 10.7. The molecule has 2 aromatic rings. The molecule has 0 amide bonds. The van der Waals surface area contributed by atoms with Crippen LogP contribution in [0.25, 0.3) is 0 Å². The Balaban J connectivity index is 2.32. The largest absolute Gasteiger partial charge is 0.481 e. The third kappa shape index (κ3) is 2.48. The van der Waals surface area contributed by atoms with Crippen LogP contribution >= 0.6 is 11.3 Å². The van der Waals surface area contributed by atoms with Gasteiger partial charge in [-0.3, -0.25) is 0 Å². The SMILES string of the molecule is CCc1ccc(C(O)c2cccnc2OC)s1. The van der Waals surface area contributed by atoms with Crippen LogP contribution < -0.4 is 4.74 Å². The maximum atomic E-state index is 10.3. The molecule has 0 radical (unpaired) electrons. The monoisotopic (exact) mass is 249 g/mol. The summed E-state index contributed by atoms with van der Waals surface area (Å²) in [6.45, 7) is 2.10. The lowest BCUT2D eigenvalue weighted by atomic mass is 10.1. The van der Waals surface area contributed by atoms with Crippen LogP contribution in [0.15, 0.2) is 30.5 Å². The van der Waals surface area contributed by atoms with Crippen LogP contribution in [0.2, 0.25) is 0 Å². The van der Waals surface area contributed by atoms with Gasteiger partial charge in [0.25, 0.3) is 0 Å². The van der Waals surface area contributed by atoms with Crippen molar-refractivity contribution in [2.24, 2.45) is 0 Å². The first-order valence-corrected chi connectivity index (χ1v) is 6.33. The molecule has 2 heterocycles. The Hall–Kier alpha value is -1.39. The molecular weight excluding hydrogens is 234 g/mol. The summed E-state index contributed by atoms with van der Waals surface area (Å²) in [5.74, 6) is 0.478. The lowest BCUT2D eigenvalue weighted by Gasteiger charge is -2.11. The summed E-state index contributed by atoms with van der Waals surface area (Å²) >= 11 is 1.62. The van der Waals surface area contributed by atoms with E-state index in [-0.39, 0.29) is 0 Å². The average Bonchev–Trinajstić information content (AvgIpc) is 2.86. The van der Waals surface area contributed by atoms with Gasteiger partial charge < -0.3 is 9.84 Å². The minimum absolute atomic E-state index is 0.478. The number of aliphatic hydroxyl groups excluding tert-OH is 1. The molecule has 0 saturated heterocycles. The summed E-state index contributed by atoms with van der Waals surface area (Å²) in [4.78, 5) is 6.28. The van der Waals surface area contributed by atoms with Crippen molar-refractivity contribution in [3.05, 3.63) is 45.8 Å². The van der Waals surface area contributed by atoms with E-state index < -0.39 is 6.10 Å². The van der Waals surface area contributed by atoms with E-state index in [4.69, 9.17) is 4.74 Å². The number of nitrogens with zero attached hydrogens (tertiary/aromatic N) is 1. The van der Waals surface area contributed by atoms with Gasteiger partial charge in [-0.25, -0.2) is 4.98 Å². The van der Waals surface area contributed by atoms with Crippen LogP contribution in [0, 0.1) is 0 Å². The molecule has 0 spiro atoms. The van der Waals surface area contributed by atoms with Crippen molar-refractivity contribution >= 4 is 11.3 Å². The Labute approximate surface area is 105 Å². The molecule has 0 aromatic carbocycles. The van der Waals surface area contributed by atoms with Crippen LogP contribution in [-0.4, -0.2) is 17.2 Å². The van der Waals surface area contributed by atoms with E-state index in [0.29, 0.717) is 11.4 Å². The molecule has 3 nitrogen and oxygen atoms in total. The summed E-state index contributed by atoms with van der Waals surface area (Å²) in [6, 6.07) is 7.64. The van der Waals surface area contributed by atoms with Crippen LogP contribution in [0.1, 0.15) is 28.3 Å². The molecule has 2 aromatic heterocycles. The minimum Gasteiger partial charge on any atom is -0.481 e. The molecule has 0 fully saturated rings. The van der Waals surface area contributed by atoms with Crippen molar-refractivity contribution in [2.75, 3.05) is 7.11 Å². The fraction of sp³-hybridized carbons (Fsp3) is 0.308. The quantitative estimate of drug-likeness (QED) is 0.906. The summed E-state index contributed by atoms with van der Waals surface area (Å²) < 4.78 is 5.15. The topological polar surface area (TPSA) is 42.4 Å². The first-order chi connectivity index (χ1) is 8.26. The Morgan fingerprint density at radius 2 is 2.24 bits per heavy atom. The van der Waals surface area contributed by atoms with E-state index in [1.807, 2.05) is 18.2 Å². The first kappa shape index (κ1) is 12.1. The second-order valence-corrected chi connectivity index (χ2v) is 4.86. The van der Waals surface area contributed by atoms with Crippen molar-refractivity contribution < 1.29 is 9.84 Å². The van der Waals surface area contributed by atoms with Crippen molar-refractivity contribution in [2.45, 2.75) is 19.4 Å². The van der Waals surface area contributed by atoms with E-state index in [1.54, 1.807) is 30.7 Å². The molecule has 90 valence electrons. The average molecular weight is 249 g/mol. The molecule has 17 heavy (non-hydrogen) atoms. The first-order valence-electron chi connectivity index (χ1n) is 5.51. The van der Waals surface area contributed by atoms with Crippen LogP contribution in [0.3, 0.4) is 0 Å². The molecule has 1 N–H and O–H groups in total. The second-order valence-electron chi connectivity index (χ2n) is 3.66. The predicted molar refractivity (Wildman–Crippen MR) is 68.5 cm³/mol. The maximum absolute atomic E-state index is 10.3. The molecule has 0 aliphatic heterocycles. The lowest BCUT2D eigenvalue weighted by Crippen LogP contribution is -2.01. The van der Waals surface area contributed by atoms with Gasteiger partial charge in [-0.15, -0.1) is 11.3 Å². The number of hydrogen-bond acceptors (Lipinski definition) is 4. The highest BCUT2D eigenvalue weighted by atomic mass is 32.1. The number of rotatable bonds is 4. The number of methoxy groups -OCH3 is 1. The Morgan fingerprint density at radius 3 is 2.88 bits per heavy atom. The van der Waals surface area contributed by atoms with Gasteiger partial charge in [-0.05, 0) is 30.7 Å². The van der Waals surface area contributed by atoms with Gasteiger partial charge in [-0.1, -0.05) is 6.92 Å². The zero-order chi connectivity index (χ0) is 12.3. The van der Waals surface area contributed by atoms with Crippen molar-refractivity contribution in [1.29, 1.82) is 0 Å². The summed E-state index contributed by atoms with van der Waals surface area (Å²) in [6.07, 6.45) is 1.98. The Bertz CT molecular complexity index is 496. The summed E-state index contributed by atoms with van der Waals surface area (Å²) in [5, 5.41) is 10.3. The van der Waals surface area contributed by atoms with Crippen molar-refractivity contribution in [3.63, 3.8) is 0 Å². The molecule has 0 aliphatic rings. The van der Waals surface area contributed by atoms with E-state index in [9.17, 15) is 5.11 Å². The molecule has 4 heteroatoms. The van der Waals surface area contributed by atoms with Crippen LogP contribution in [0.5, 0.6) is 5.88 Å². The highest BCUT2D eigenvalue weighted by Gasteiger charge is 2.17. The Kier molecular flexibility index (Phi) is 3.76. The molecular formula is C13H15NO2S. The predicted octanol–water partition coefficient (Wildman–Crippen LogP) is 2.80. The normalized spacial score (nSPS) is 12.4. The highest BCUT2D eigenvalue weighted by molar-refractivity contribution is 7.12. The standard InChI is InChI=1S/C13H15NO2S/c1-3-9-6-7-11(17-9)12(15)10-5-4-8-14-13(10)16-2/h4-8,12,15H,3H2,1-2H3. The van der Waals surface area contributed by atoms with Crippen LogP contribution in [-0.2, 0) is 6.42 Å². The number of pyridine rings is 1. The van der Waals surface area contributed by atoms with Gasteiger partial charge in [0.05, 0.1) is 7.11 Å². The number of ether oxygens (including phenoxy) is 1. The number of aromatic nitrogens is 1. The van der Waals surface area contributed by atoms with E-state index >= 15 is 0 Å². The second kappa shape index (κ2) is 5.29. The molecule has 1 unspecified atom stereocenters. The third-order valence-electron chi connectivity index (χ3n) is 2.59. The summed E-state index contributed by atoms with van der Waals surface area (Å²) in [5.41, 5.74) is 0.708. The van der Waals surface area contributed by atoms with Gasteiger partial charge >= 0.3 is 0 Å². The number of aryl methyl sites for hydroxylation is 1. The van der Waals surface area contributed by atoms with E-state index in [1.165, 1.54) is 4.88 Å². The number of thiophene rings is 1. The molecule has 0 saturated carbocycles. The number of hydrogen-bond donors (Lipinski definition) is 1. The molecule has 2 rings (SSSR count). The third-order valence-corrected chi connectivity index (χ3v) is 3.87. The van der Waals surface area contributed by atoms with E-state index in [0.717, 1.165) is 11.3 Å². The van der Waals surface area contributed by atoms with Gasteiger partial charge in [0.15, 0.2) is 0 Å². The number of aliphatic hydroxyl groups is 1. The highest BCUT2D eigenvalue weighted by Crippen LogP contribution is 2.32. The van der Waals surface area contributed by atoms with Crippen molar-refractivity contribution in [3.8, 4) is 5.88 Å². The van der Waals surface area contributed by atoms with Crippen LogP contribution in [0.4, 0.5) is 0 Å². The fourth-order valence-corrected chi connectivity index (χ4v) is 2.62. The maximum Gasteiger partial charge on any atom is 0.219 e. The van der Waals surface area contributed by atoms with E-state index in [2.05, 4.69) is 11.9 Å². The van der Waals surface area contributed by atoms with Gasteiger partial charge in [-0.2, -0.15) is 0 Å². The van der Waals surface area contributed by atoms with Crippen molar-refractivity contribution in [1.82, 2.24) is 4.98 Å². The molecule has 0 bridgehead atoms. The molecule has 1 atom stereocenters. The Morgan fingerprint density at radius 1 is 1.41 bits per heavy atom. The van der Waals surface area contributed by atoms with Gasteiger partial charge in [0.2, 0.25) is 5.88 Å². The lowest BCUT2D eigenvalue weighted by molar-refractivity contribution is 0.217. The van der Waals surface area contributed by atoms with Gasteiger partial charge in [0.1, 0.15) is 6.10 Å².